The number of piperazine rings is 1. The molecular weight excluding hydrogens is 294 g/mol. The summed E-state index contributed by atoms with van der Waals surface area (Å²) in [5.74, 6) is -1.05. The predicted molar refractivity (Wildman–Crippen MR) is 83.8 cm³/mol. The molecule has 3 heterocycles. The Morgan fingerprint density at radius 2 is 2.04 bits per heavy atom. The van der Waals surface area contributed by atoms with Crippen molar-refractivity contribution in [1.29, 1.82) is 0 Å². The standard InChI is InChI=1S/C16H17N5O2/c22-15-16(23)21-8-7-20(10-13(21)18-19-15)9-12-4-1-3-11-5-2-6-17-14(11)12/h1-6,13,18H,7-10H2,(H,19,22). The van der Waals surface area contributed by atoms with Gasteiger partial charge in [0, 0.05) is 37.8 Å². The summed E-state index contributed by atoms with van der Waals surface area (Å²) in [4.78, 5) is 31.6. The molecule has 0 saturated carbocycles. The van der Waals surface area contributed by atoms with Crippen molar-refractivity contribution in [3.05, 3.63) is 42.1 Å². The molecule has 2 N–H and O–H groups in total. The van der Waals surface area contributed by atoms with Gasteiger partial charge in [-0.25, -0.2) is 5.43 Å². The van der Waals surface area contributed by atoms with E-state index in [0.29, 0.717) is 13.1 Å². The molecular formula is C16H17N5O2. The van der Waals surface area contributed by atoms with Crippen LogP contribution >= 0.6 is 0 Å². The number of nitrogens with zero attached hydrogens (tertiary/aromatic N) is 3. The van der Waals surface area contributed by atoms with Gasteiger partial charge in [-0.2, -0.15) is 0 Å². The number of rotatable bonds is 2. The van der Waals surface area contributed by atoms with Crippen LogP contribution in [0.1, 0.15) is 5.56 Å². The van der Waals surface area contributed by atoms with E-state index in [2.05, 4.69) is 38.9 Å². The smallest absolute Gasteiger partial charge is 0.315 e. The zero-order chi connectivity index (χ0) is 15.8. The van der Waals surface area contributed by atoms with Crippen LogP contribution in [-0.4, -0.2) is 52.4 Å². The molecule has 1 unspecified atom stereocenters. The molecule has 1 aromatic carbocycles. The molecule has 1 aromatic heterocycles. The lowest BCUT2D eigenvalue weighted by molar-refractivity contribution is -0.156. The molecule has 2 aliphatic rings. The third-order valence-corrected chi connectivity index (χ3v) is 4.38. The zero-order valence-corrected chi connectivity index (χ0v) is 12.5. The van der Waals surface area contributed by atoms with E-state index in [-0.39, 0.29) is 6.17 Å². The van der Waals surface area contributed by atoms with Crippen molar-refractivity contribution < 1.29 is 9.59 Å². The minimum absolute atomic E-state index is 0.183. The number of hydrogen-bond acceptors (Lipinski definition) is 5. The predicted octanol–water partition coefficient (Wildman–Crippen LogP) is -0.161. The van der Waals surface area contributed by atoms with Gasteiger partial charge in [0.25, 0.3) is 0 Å². The fourth-order valence-corrected chi connectivity index (χ4v) is 3.22. The number of pyridine rings is 1. The number of para-hydroxylation sites is 1. The molecule has 0 radical (unpaired) electrons. The highest BCUT2D eigenvalue weighted by molar-refractivity contribution is 6.35. The number of nitrogens with one attached hydrogen (secondary N) is 2. The maximum Gasteiger partial charge on any atom is 0.323 e. The van der Waals surface area contributed by atoms with Crippen molar-refractivity contribution in [3.8, 4) is 0 Å². The summed E-state index contributed by atoms with van der Waals surface area (Å²) in [5, 5.41) is 1.13. The first-order valence-electron chi connectivity index (χ1n) is 7.64. The normalized spacial score (nSPS) is 22.1. The van der Waals surface area contributed by atoms with Crippen molar-refractivity contribution in [2.24, 2.45) is 0 Å². The van der Waals surface area contributed by atoms with Crippen LogP contribution in [0.3, 0.4) is 0 Å². The number of hydrogen-bond donors (Lipinski definition) is 2. The quantitative estimate of drug-likeness (QED) is 0.754. The summed E-state index contributed by atoms with van der Waals surface area (Å²) in [6.45, 7) is 2.71. The van der Waals surface area contributed by atoms with Gasteiger partial charge in [-0.15, -0.1) is 0 Å². The molecule has 7 heteroatoms. The number of aromatic nitrogens is 1. The van der Waals surface area contributed by atoms with Gasteiger partial charge < -0.3 is 4.90 Å². The van der Waals surface area contributed by atoms with Crippen LogP contribution in [0.5, 0.6) is 0 Å². The lowest BCUT2D eigenvalue weighted by Crippen LogP contribution is -2.70. The minimum atomic E-state index is -0.590. The molecule has 1 atom stereocenters. The average Bonchev–Trinajstić information content (AvgIpc) is 2.59. The molecule has 4 rings (SSSR count). The van der Waals surface area contributed by atoms with Crippen LogP contribution in [-0.2, 0) is 16.1 Å². The molecule has 2 aromatic rings. The molecule has 2 aliphatic heterocycles. The average molecular weight is 311 g/mol. The van der Waals surface area contributed by atoms with Crippen LogP contribution in [0.2, 0.25) is 0 Å². The Balaban J connectivity index is 1.52. The Labute approximate surface area is 133 Å². The second-order valence-electron chi connectivity index (χ2n) is 5.84. The molecule has 0 aliphatic carbocycles. The fourth-order valence-electron chi connectivity index (χ4n) is 3.22. The van der Waals surface area contributed by atoms with Gasteiger partial charge in [0.05, 0.1) is 5.52 Å². The second kappa shape index (κ2) is 5.60. The summed E-state index contributed by atoms with van der Waals surface area (Å²) < 4.78 is 0. The minimum Gasteiger partial charge on any atom is -0.315 e. The van der Waals surface area contributed by atoms with Gasteiger partial charge in [0.15, 0.2) is 0 Å². The highest BCUT2D eigenvalue weighted by Crippen LogP contribution is 2.19. The summed E-state index contributed by atoms with van der Waals surface area (Å²) in [6, 6.07) is 10.2. The summed E-state index contributed by atoms with van der Waals surface area (Å²) in [6.07, 6.45) is 1.62. The highest BCUT2D eigenvalue weighted by Gasteiger charge is 2.37. The number of amides is 2. The van der Waals surface area contributed by atoms with E-state index < -0.39 is 11.8 Å². The lowest BCUT2D eigenvalue weighted by atomic mass is 10.1. The fraction of sp³-hybridized carbons (Fsp3) is 0.312. The number of carbonyl (C=O) groups excluding carboxylic acids is 2. The summed E-state index contributed by atoms with van der Waals surface area (Å²) in [5.41, 5.74) is 7.51. The van der Waals surface area contributed by atoms with Crippen LogP contribution in [0, 0.1) is 0 Å². The third-order valence-electron chi connectivity index (χ3n) is 4.38. The summed E-state index contributed by atoms with van der Waals surface area (Å²) in [7, 11) is 0. The van der Waals surface area contributed by atoms with Crippen molar-refractivity contribution in [2.75, 3.05) is 19.6 Å². The van der Waals surface area contributed by atoms with Gasteiger partial charge in [-0.1, -0.05) is 24.3 Å². The Morgan fingerprint density at radius 3 is 2.96 bits per heavy atom. The van der Waals surface area contributed by atoms with Crippen LogP contribution in [0.4, 0.5) is 0 Å². The summed E-state index contributed by atoms with van der Waals surface area (Å²) >= 11 is 0. The maximum absolute atomic E-state index is 11.8. The van der Waals surface area contributed by atoms with E-state index in [9.17, 15) is 9.59 Å². The highest BCUT2D eigenvalue weighted by atomic mass is 16.2. The number of hydrazine groups is 1. The van der Waals surface area contributed by atoms with E-state index >= 15 is 0 Å². The maximum atomic E-state index is 11.8. The van der Waals surface area contributed by atoms with E-state index in [0.717, 1.165) is 24.0 Å². The van der Waals surface area contributed by atoms with E-state index in [1.54, 1.807) is 11.1 Å². The monoisotopic (exact) mass is 311 g/mol. The molecule has 0 bridgehead atoms. The number of benzene rings is 1. The molecule has 23 heavy (non-hydrogen) atoms. The van der Waals surface area contributed by atoms with E-state index in [1.165, 1.54) is 5.56 Å². The first kappa shape index (κ1) is 14.1. The molecule has 0 spiro atoms. The molecule has 2 saturated heterocycles. The second-order valence-corrected chi connectivity index (χ2v) is 5.84. The number of fused-ring (bicyclic) bond motifs is 2. The van der Waals surface area contributed by atoms with E-state index in [1.807, 2.05) is 12.1 Å². The van der Waals surface area contributed by atoms with Gasteiger partial charge in [0.1, 0.15) is 6.17 Å². The van der Waals surface area contributed by atoms with Gasteiger partial charge in [-0.3, -0.25) is 24.9 Å². The largest absolute Gasteiger partial charge is 0.323 e. The molecule has 2 fully saturated rings. The van der Waals surface area contributed by atoms with Crippen LogP contribution < -0.4 is 10.9 Å². The van der Waals surface area contributed by atoms with Crippen LogP contribution in [0.25, 0.3) is 10.9 Å². The van der Waals surface area contributed by atoms with Gasteiger partial charge in [0.2, 0.25) is 0 Å². The molecule has 7 nitrogen and oxygen atoms in total. The topological polar surface area (TPSA) is 77.6 Å². The Bertz CT molecular complexity index is 773. The SMILES string of the molecule is O=C1NNC2CN(Cc3cccc4cccnc34)CCN2C1=O. The zero-order valence-electron chi connectivity index (χ0n) is 12.5. The van der Waals surface area contributed by atoms with Crippen molar-refractivity contribution in [1.82, 2.24) is 25.6 Å². The third kappa shape index (κ3) is 2.54. The molecule has 2 amide bonds. The number of carbonyl (C=O) groups is 2. The van der Waals surface area contributed by atoms with Crippen LogP contribution in [0.15, 0.2) is 36.5 Å². The first-order valence-corrected chi connectivity index (χ1v) is 7.64. The van der Waals surface area contributed by atoms with Crippen molar-refractivity contribution in [2.45, 2.75) is 12.7 Å². The van der Waals surface area contributed by atoms with E-state index in [4.69, 9.17) is 0 Å². The Hall–Kier alpha value is -2.51. The first-order chi connectivity index (χ1) is 11.2. The van der Waals surface area contributed by atoms with Crippen molar-refractivity contribution >= 4 is 22.7 Å². The Morgan fingerprint density at radius 1 is 1.17 bits per heavy atom. The van der Waals surface area contributed by atoms with Gasteiger partial charge in [-0.05, 0) is 11.6 Å². The van der Waals surface area contributed by atoms with Crippen molar-refractivity contribution in [3.63, 3.8) is 0 Å². The Kier molecular flexibility index (Phi) is 3.44. The molecule has 118 valence electrons. The van der Waals surface area contributed by atoms with Gasteiger partial charge >= 0.3 is 11.8 Å². The lowest BCUT2D eigenvalue weighted by Gasteiger charge is -2.43.